The molecule has 5 nitrogen and oxygen atoms in total. The molecule has 1 fully saturated rings. The maximum Gasteiger partial charge on any atom is 0.323 e. The minimum absolute atomic E-state index is 0.00463. The van der Waals surface area contributed by atoms with Gasteiger partial charge in [0, 0.05) is 6.54 Å². The topological polar surface area (TPSA) is 66.8 Å². The number of carboxylic acid groups (broad SMARTS) is 1. The Balaban J connectivity index is 2.39. The molecule has 0 aliphatic heterocycles. The van der Waals surface area contributed by atoms with E-state index in [-0.39, 0.29) is 31.1 Å². The average Bonchev–Trinajstić information content (AvgIpc) is 2.76. The number of carboxylic acids is 1. The zero-order valence-electron chi connectivity index (χ0n) is 11.2. The van der Waals surface area contributed by atoms with Gasteiger partial charge in [0.1, 0.15) is 13.2 Å². The molecule has 0 bridgehead atoms. The standard InChI is InChI=1S/C13H23NO4/c1-10(2)7-14(8-13(16)17)12(15)9-18-11-5-3-4-6-11/h10-11H,3-9H2,1-2H3,(H,16,17). The predicted molar refractivity (Wildman–Crippen MR) is 67.3 cm³/mol. The summed E-state index contributed by atoms with van der Waals surface area (Å²) in [6, 6.07) is 0. The largest absolute Gasteiger partial charge is 0.480 e. The van der Waals surface area contributed by atoms with Gasteiger partial charge in [-0.1, -0.05) is 26.7 Å². The Kier molecular flexibility index (Phi) is 6.12. The summed E-state index contributed by atoms with van der Waals surface area (Å²) in [6.07, 6.45) is 4.51. The molecule has 5 heteroatoms. The highest BCUT2D eigenvalue weighted by atomic mass is 16.5. The van der Waals surface area contributed by atoms with Crippen LogP contribution in [0.2, 0.25) is 0 Å². The number of nitrogens with zero attached hydrogens (tertiary/aromatic N) is 1. The van der Waals surface area contributed by atoms with Gasteiger partial charge < -0.3 is 14.7 Å². The number of hydrogen-bond acceptors (Lipinski definition) is 3. The molecule has 104 valence electrons. The molecule has 0 spiro atoms. The molecule has 18 heavy (non-hydrogen) atoms. The highest BCUT2D eigenvalue weighted by Gasteiger charge is 2.21. The minimum Gasteiger partial charge on any atom is -0.480 e. The van der Waals surface area contributed by atoms with Crippen molar-refractivity contribution in [1.29, 1.82) is 0 Å². The lowest BCUT2D eigenvalue weighted by molar-refractivity contribution is -0.147. The normalized spacial score (nSPS) is 16.2. The molecular weight excluding hydrogens is 234 g/mol. The van der Waals surface area contributed by atoms with Crippen LogP contribution in [0.4, 0.5) is 0 Å². The quantitative estimate of drug-likeness (QED) is 0.751. The molecule has 1 saturated carbocycles. The van der Waals surface area contributed by atoms with Gasteiger partial charge >= 0.3 is 5.97 Å². The summed E-state index contributed by atoms with van der Waals surface area (Å²) in [5.74, 6) is -0.956. The third-order valence-electron chi connectivity index (χ3n) is 3.01. The van der Waals surface area contributed by atoms with Crippen LogP contribution in [0.1, 0.15) is 39.5 Å². The average molecular weight is 257 g/mol. The van der Waals surface area contributed by atoms with E-state index in [1.54, 1.807) is 0 Å². The zero-order valence-corrected chi connectivity index (χ0v) is 11.2. The van der Waals surface area contributed by atoms with E-state index in [2.05, 4.69) is 0 Å². The number of rotatable bonds is 7. The van der Waals surface area contributed by atoms with Crippen LogP contribution in [0.15, 0.2) is 0 Å². The van der Waals surface area contributed by atoms with E-state index in [0.29, 0.717) is 6.54 Å². The van der Waals surface area contributed by atoms with Gasteiger partial charge in [0.25, 0.3) is 0 Å². The van der Waals surface area contributed by atoms with Crippen LogP contribution in [-0.2, 0) is 14.3 Å². The minimum atomic E-state index is -0.982. The second-order valence-corrected chi connectivity index (χ2v) is 5.28. The Morgan fingerprint density at radius 1 is 1.33 bits per heavy atom. The second kappa shape index (κ2) is 7.36. The van der Waals surface area contributed by atoms with Crippen LogP contribution < -0.4 is 0 Å². The summed E-state index contributed by atoms with van der Waals surface area (Å²) in [6.45, 7) is 4.13. The fourth-order valence-electron chi connectivity index (χ4n) is 2.19. The first-order chi connectivity index (χ1) is 8.49. The van der Waals surface area contributed by atoms with Crippen LogP contribution in [0, 0.1) is 5.92 Å². The van der Waals surface area contributed by atoms with Crippen molar-refractivity contribution < 1.29 is 19.4 Å². The van der Waals surface area contributed by atoms with Crippen molar-refractivity contribution in [3.8, 4) is 0 Å². The molecule has 1 aliphatic rings. The lowest BCUT2D eigenvalue weighted by atomic mass is 10.2. The summed E-state index contributed by atoms with van der Waals surface area (Å²) < 4.78 is 5.52. The van der Waals surface area contributed by atoms with Gasteiger partial charge in [-0.15, -0.1) is 0 Å². The highest BCUT2D eigenvalue weighted by molar-refractivity contribution is 5.82. The Morgan fingerprint density at radius 2 is 1.94 bits per heavy atom. The van der Waals surface area contributed by atoms with Crippen LogP contribution in [0.3, 0.4) is 0 Å². The van der Waals surface area contributed by atoms with Gasteiger partial charge in [-0.25, -0.2) is 0 Å². The number of carbonyl (C=O) groups is 2. The molecular formula is C13H23NO4. The summed E-state index contributed by atoms with van der Waals surface area (Å²) in [4.78, 5) is 24.0. The number of aliphatic carboxylic acids is 1. The van der Waals surface area contributed by atoms with Gasteiger partial charge in [-0.05, 0) is 18.8 Å². The fourth-order valence-corrected chi connectivity index (χ4v) is 2.19. The van der Waals surface area contributed by atoms with Crippen LogP contribution in [-0.4, -0.2) is 47.7 Å². The summed E-state index contributed by atoms with van der Waals surface area (Å²) in [7, 11) is 0. The monoisotopic (exact) mass is 257 g/mol. The molecule has 1 rings (SSSR count). The summed E-state index contributed by atoms with van der Waals surface area (Å²) >= 11 is 0. The van der Waals surface area contributed by atoms with Gasteiger partial charge in [-0.3, -0.25) is 9.59 Å². The van der Waals surface area contributed by atoms with E-state index in [9.17, 15) is 9.59 Å². The first kappa shape index (κ1) is 15.0. The van der Waals surface area contributed by atoms with Crippen LogP contribution in [0.25, 0.3) is 0 Å². The molecule has 0 aromatic rings. The van der Waals surface area contributed by atoms with Crippen molar-refractivity contribution >= 4 is 11.9 Å². The number of amides is 1. The first-order valence-electron chi connectivity index (χ1n) is 6.60. The maximum atomic E-state index is 11.9. The van der Waals surface area contributed by atoms with E-state index in [0.717, 1.165) is 25.7 Å². The third-order valence-corrected chi connectivity index (χ3v) is 3.01. The maximum absolute atomic E-state index is 11.9. The molecule has 1 N–H and O–H groups in total. The van der Waals surface area contributed by atoms with Gasteiger partial charge in [0.05, 0.1) is 6.10 Å². The molecule has 0 radical (unpaired) electrons. The molecule has 0 heterocycles. The van der Waals surface area contributed by atoms with Crippen molar-refractivity contribution in [3.05, 3.63) is 0 Å². The van der Waals surface area contributed by atoms with Gasteiger partial charge in [0.2, 0.25) is 5.91 Å². The zero-order chi connectivity index (χ0) is 13.5. The molecule has 0 saturated heterocycles. The summed E-state index contributed by atoms with van der Waals surface area (Å²) in [5, 5.41) is 8.79. The fraction of sp³-hybridized carbons (Fsp3) is 0.846. The van der Waals surface area contributed by atoms with Crippen molar-refractivity contribution in [1.82, 2.24) is 4.90 Å². The highest BCUT2D eigenvalue weighted by Crippen LogP contribution is 2.20. The second-order valence-electron chi connectivity index (χ2n) is 5.28. The molecule has 0 atom stereocenters. The number of ether oxygens (including phenoxy) is 1. The van der Waals surface area contributed by atoms with Crippen LogP contribution in [0.5, 0.6) is 0 Å². The van der Waals surface area contributed by atoms with Crippen molar-refractivity contribution in [2.45, 2.75) is 45.6 Å². The Morgan fingerprint density at radius 3 is 2.44 bits per heavy atom. The Bertz CT molecular complexity index is 285. The van der Waals surface area contributed by atoms with Gasteiger partial charge in [0.15, 0.2) is 0 Å². The Labute approximate surface area is 108 Å². The first-order valence-corrected chi connectivity index (χ1v) is 6.60. The molecule has 1 aliphatic carbocycles. The lowest BCUT2D eigenvalue weighted by Crippen LogP contribution is -2.40. The molecule has 0 unspecified atom stereocenters. The van der Waals surface area contributed by atoms with E-state index >= 15 is 0 Å². The van der Waals surface area contributed by atoms with E-state index < -0.39 is 5.97 Å². The summed E-state index contributed by atoms with van der Waals surface area (Å²) in [5.41, 5.74) is 0. The molecule has 0 aromatic heterocycles. The van der Waals surface area contributed by atoms with Crippen molar-refractivity contribution in [3.63, 3.8) is 0 Å². The smallest absolute Gasteiger partial charge is 0.323 e. The van der Waals surface area contributed by atoms with Gasteiger partial charge in [-0.2, -0.15) is 0 Å². The Hall–Kier alpha value is -1.10. The van der Waals surface area contributed by atoms with Crippen LogP contribution >= 0.6 is 0 Å². The third kappa shape index (κ3) is 5.49. The predicted octanol–water partition coefficient (Wildman–Crippen LogP) is 1.51. The molecule has 0 aromatic carbocycles. The van der Waals surface area contributed by atoms with E-state index in [1.807, 2.05) is 13.8 Å². The SMILES string of the molecule is CC(C)CN(CC(=O)O)C(=O)COC1CCCC1. The van der Waals surface area contributed by atoms with Crippen molar-refractivity contribution in [2.24, 2.45) is 5.92 Å². The lowest BCUT2D eigenvalue weighted by Gasteiger charge is -2.23. The number of hydrogen-bond donors (Lipinski definition) is 1. The number of carbonyl (C=O) groups excluding carboxylic acids is 1. The molecule has 1 amide bonds. The van der Waals surface area contributed by atoms with E-state index in [4.69, 9.17) is 9.84 Å². The van der Waals surface area contributed by atoms with Crippen molar-refractivity contribution in [2.75, 3.05) is 19.7 Å². The van der Waals surface area contributed by atoms with E-state index in [1.165, 1.54) is 4.90 Å².